The Bertz CT molecular complexity index is 1000. The van der Waals surface area contributed by atoms with Crippen molar-refractivity contribution < 1.29 is 4.74 Å². The van der Waals surface area contributed by atoms with Gasteiger partial charge in [0.15, 0.2) is 5.82 Å². The number of ether oxygens (including phenoxy) is 1. The average Bonchev–Trinajstić information content (AvgIpc) is 3.23. The number of nitrogens with two attached hydrogens (primary N) is 1. The summed E-state index contributed by atoms with van der Waals surface area (Å²) in [7, 11) is 0. The highest BCUT2D eigenvalue weighted by Gasteiger charge is 2.18. The van der Waals surface area contributed by atoms with E-state index >= 15 is 0 Å². The van der Waals surface area contributed by atoms with Gasteiger partial charge in [-0.15, -0.1) is 0 Å². The van der Waals surface area contributed by atoms with Crippen LogP contribution in [-0.2, 0) is 0 Å². The molecule has 2 aromatic carbocycles. The molecule has 1 aliphatic heterocycles. The predicted octanol–water partition coefficient (Wildman–Crippen LogP) is 5.78. The Morgan fingerprint density at radius 3 is 2.40 bits per heavy atom. The lowest BCUT2D eigenvalue weighted by molar-refractivity contribution is 0.218. The lowest BCUT2D eigenvalue weighted by Gasteiger charge is -2.18. The fourth-order valence-electron chi connectivity index (χ4n) is 3.55. The Labute approximate surface area is 186 Å². The first-order valence-corrected chi connectivity index (χ1v) is 10.7. The maximum atomic E-state index is 6.30. The number of aromatic nitrogens is 2. The van der Waals surface area contributed by atoms with Gasteiger partial charge in [-0.05, 0) is 50.6 Å². The molecule has 0 unspecified atom stereocenters. The van der Waals surface area contributed by atoms with E-state index in [1.807, 2.05) is 19.1 Å². The van der Waals surface area contributed by atoms with E-state index in [1.165, 1.54) is 18.4 Å². The Morgan fingerprint density at radius 2 is 1.73 bits per heavy atom. The van der Waals surface area contributed by atoms with E-state index in [9.17, 15) is 0 Å². The predicted molar refractivity (Wildman–Crippen MR) is 122 cm³/mol. The molecule has 1 aromatic heterocycles. The third-order valence-corrected chi connectivity index (χ3v) is 5.80. The second kappa shape index (κ2) is 9.21. The van der Waals surface area contributed by atoms with Crippen molar-refractivity contribution in [2.75, 3.05) is 18.8 Å². The standard InChI is InChI=1S/C23H23Cl2N4O/c1-15(21-18(24)5-4-6-19(21)25)30-23-22(26)27-13-20(28-23)17-9-7-16(8-10-17)14-29-11-2-3-12-29/h4-10,13-15H,2-3,11-12H2,1H3,(H2,26,27)/t15-/m1/s1. The highest BCUT2D eigenvalue weighted by Crippen LogP contribution is 2.34. The third-order valence-electron chi connectivity index (χ3n) is 5.14. The van der Waals surface area contributed by atoms with E-state index in [0.717, 1.165) is 18.7 Å². The van der Waals surface area contributed by atoms with Crippen molar-refractivity contribution >= 4 is 29.0 Å². The Morgan fingerprint density at radius 1 is 1.07 bits per heavy atom. The Hall–Kier alpha value is -2.34. The van der Waals surface area contributed by atoms with Gasteiger partial charge in [-0.3, -0.25) is 4.90 Å². The van der Waals surface area contributed by atoms with Crippen LogP contribution in [0, 0.1) is 6.54 Å². The van der Waals surface area contributed by atoms with Gasteiger partial charge in [0.1, 0.15) is 6.10 Å². The van der Waals surface area contributed by atoms with Crippen molar-refractivity contribution in [1.82, 2.24) is 14.9 Å². The summed E-state index contributed by atoms with van der Waals surface area (Å²) in [4.78, 5) is 11.2. The van der Waals surface area contributed by atoms with Crippen LogP contribution in [0.15, 0.2) is 48.7 Å². The number of nitrogens with zero attached hydrogens (tertiary/aromatic N) is 3. The van der Waals surface area contributed by atoms with Crippen molar-refractivity contribution in [3.8, 4) is 17.1 Å². The van der Waals surface area contributed by atoms with Crippen molar-refractivity contribution in [3.05, 3.63) is 76.4 Å². The minimum absolute atomic E-state index is 0.216. The first-order valence-electron chi connectivity index (χ1n) is 9.93. The topological polar surface area (TPSA) is 64.3 Å². The molecule has 1 atom stereocenters. The molecule has 1 aliphatic rings. The number of hydrogen-bond acceptors (Lipinski definition) is 5. The van der Waals surface area contributed by atoms with Crippen LogP contribution in [0.4, 0.5) is 5.82 Å². The fourth-order valence-corrected chi connectivity index (χ4v) is 4.26. The normalized spacial score (nSPS) is 15.3. The van der Waals surface area contributed by atoms with Crippen LogP contribution in [0.2, 0.25) is 10.0 Å². The molecule has 1 radical (unpaired) electrons. The summed E-state index contributed by atoms with van der Waals surface area (Å²) in [6.45, 7) is 6.30. The third kappa shape index (κ3) is 4.69. The molecule has 0 aliphatic carbocycles. The molecule has 30 heavy (non-hydrogen) atoms. The number of halogens is 2. The van der Waals surface area contributed by atoms with Crippen LogP contribution in [0.3, 0.4) is 0 Å². The molecular formula is C23H23Cl2N4O. The second-order valence-electron chi connectivity index (χ2n) is 7.34. The number of rotatable bonds is 6. The van der Waals surface area contributed by atoms with Gasteiger partial charge < -0.3 is 10.5 Å². The van der Waals surface area contributed by atoms with E-state index in [2.05, 4.69) is 33.5 Å². The maximum Gasteiger partial charge on any atom is 0.258 e. The lowest BCUT2D eigenvalue weighted by atomic mass is 10.1. The van der Waals surface area contributed by atoms with Crippen molar-refractivity contribution in [1.29, 1.82) is 0 Å². The zero-order valence-corrected chi connectivity index (χ0v) is 18.2. The van der Waals surface area contributed by atoms with Crippen LogP contribution < -0.4 is 10.5 Å². The summed E-state index contributed by atoms with van der Waals surface area (Å²) in [5.41, 5.74) is 9.49. The van der Waals surface area contributed by atoms with Gasteiger partial charge in [0.25, 0.3) is 5.88 Å². The average molecular weight is 442 g/mol. The first kappa shape index (κ1) is 20.9. The quantitative estimate of drug-likeness (QED) is 0.525. The maximum absolute atomic E-state index is 6.30. The molecule has 1 fully saturated rings. The number of nitrogen functional groups attached to an aromatic ring is 1. The Balaban J connectivity index is 1.53. The highest BCUT2D eigenvalue weighted by molar-refractivity contribution is 6.36. The van der Waals surface area contributed by atoms with Crippen LogP contribution in [0.25, 0.3) is 11.3 Å². The monoisotopic (exact) mass is 441 g/mol. The van der Waals surface area contributed by atoms with Crippen LogP contribution in [-0.4, -0.2) is 28.0 Å². The van der Waals surface area contributed by atoms with Gasteiger partial charge in [0, 0.05) is 21.2 Å². The molecule has 0 spiro atoms. The van der Waals surface area contributed by atoms with E-state index in [0.29, 0.717) is 21.3 Å². The van der Waals surface area contributed by atoms with Crippen LogP contribution >= 0.6 is 23.2 Å². The number of benzene rings is 2. The zero-order chi connectivity index (χ0) is 21.1. The minimum atomic E-state index is -0.435. The molecule has 0 amide bonds. The van der Waals surface area contributed by atoms with Crippen LogP contribution in [0.5, 0.6) is 5.88 Å². The molecule has 0 saturated carbocycles. The molecule has 7 heteroatoms. The van der Waals surface area contributed by atoms with Crippen molar-refractivity contribution in [2.45, 2.75) is 25.9 Å². The van der Waals surface area contributed by atoms with Gasteiger partial charge in [0.2, 0.25) is 0 Å². The van der Waals surface area contributed by atoms with E-state index in [-0.39, 0.29) is 11.7 Å². The van der Waals surface area contributed by atoms with Gasteiger partial charge in [-0.1, -0.05) is 53.5 Å². The first-order chi connectivity index (χ1) is 14.5. The van der Waals surface area contributed by atoms with Crippen molar-refractivity contribution in [2.24, 2.45) is 0 Å². The summed E-state index contributed by atoms with van der Waals surface area (Å²) < 4.78 is 5.99. The summed E-state index contributed by atoms with van der Waals surface area (Å²) in [5.74, 6) is 0.469. The molecule has 5 nitrogen and oxygen atoms in total. The van der Waals surface area contributed by atoms with Gasteiger partial charge in [0.05, 0.1) is 18.4 Å². The van der Waals surface area contributed by atoms with Crippen molar-refractivity contribution in [3.63, 3.8) is 0 Å². The van der Waals surface area contributed by atoms with E-state index in [4.69, 9.17) is 33.7 Å². The van der Waals surface area contributed by atoms with Gasteiger partial charge >= 0.3 is 0 Å². The minimum Gasteiger partial charge on any atom is -0.467 e. The molecule has 4 rings (SSSR count). The molecule has 1 saturated heterocycles. The summed E-state index contributed by atoms with van der Waals surface area (Å²) >= 11 is 12.6. The highest BCUT2D eigenvalue weighted by atomic mass is 35.5. The summed E-state index contributed by atoms with van der Waals surface area (Å²) in [6.07, 6.45) is 3.73. The molecule has 3 aromatic rings. The molecule has 2 N–H and O–H groups in total. The molecule has 2 heterocycles. The SMILES string of the molecule is C[C@@H](Oc1nc(-c2ccc([CH]N3CCCC3)cc2)cnc1N)c1c(Cl)cccc1Cl. The van der Waals surface area contributed by atoms with Gasteiger partial charge in [-0.25, -0.2) is 9.97 Å². The van der Waals surface area contributed by atoms with E-state index < -0.39 is 6.10 Å². The number of hydrogen-bond donors (Lipinski definition) is 1. The summed E-state index contributed by atoms with van der Waals surface area (Å²) in [5, 5.41) is 1.06. The fraction of sp³-hybridized carbons (Fsp3) is 0.261. The van der Waals surface area contributed by atoms with Gasteiger partial charge in [-0.2, -0.15) is 0 Å². The zero-order valence-electron chi connectivity index (χ0n) is 16.7. The molecule has 155 valence electrons. The van der Waals surface area contributed by atoms with Crippen LogP contribution in [0.1, 0.15) is 37.0 Å². The summed E-state index contributed by atoms with van der Waals surface area (Å²) in [6, 6.07) is 13.6. The lowest BCUT2D eigenvalue weighted by Crippen LogP contribution is -2.15. The number of anilines is 1. The smallest absolute Gasteiger partial charge is 0.258 e. The second-order valence-corrected chi connectivity index (χ2v) is 8.15. The molecular weight excluding hydrogens is 419 g/mol. The largest absolute Gasteiger partial charge is 0.467 e. The molecule has 0 bridgehead atoms. The van der Waals surface area contributed by atoms with E-state index in [1.54, 1.807) is 24.4 Å². The number of likely N-dealkylation sites (tertiary alicyclic amines) is 1. The Kier molecular flexibility index (Phi) is 6.42.